The average molecular weight is 582 g/mol. The molecule has 0 aliphatic rings. The summed E-state index contributed by atoms with van der Waals surface area (Å²) in [5, 5.41) is 0.735. The Morgan fingerprint density at radius 1 is 0.581 bits per heavy atom. The predicted octanol–water partition coefficient (Wildman–Crippen LogP) is 8.11. The molecule has 0 saturated carbocycles. The fourth-order valence-electron chi connectivity index (χ4n) is 4.93. The molecule has 0 bridgehead atoms. The third-order valence-corrected chi connectivity index (χ3v) is 8.12. The van der Waals surface area contributed by atoms with Crippen LogP contribution in [0.5, 0.6) is 17.2 Å². The first kappa shape index (κ1) is 32.1. The van der Waals surface area contributed by atoms with Gasteiger partial charge < -0.3 is 14.2 Å². The second-order valence-electron chi connectivity index (χ2n) is 10.3. The van der Waals surface area contributed by atoms with E-state index >= 15 is 0 Å². The molecule has 0 aliphatic heterocycles. The van der Waals surface area contributed by atoms with Crippen LogP contribution in [0.2, 0.25) is 0 Å². The van der Waals surface area contributed by atoms with Crippen molar-refractivity contribution in [1.29, 1.82) is 0 Å². The Labute approximate surface area is 268 Å². The van der Waals surface area contributed by atoms with E-state index in [-0.39, 0.29) is 33.0 Å². The number of carbonyl (C=O) groups excluding carboxylic acids is 1. The van der Waals surface area contributed by atoms with Gasteiger partial charge in [-0.1, -0.05) is 109 Å². The standard InChI is InChI=1S/C37H35O4P.Li/c1-26-19-27(2)35(28(3)20-26)37(38)42-36-33(40-24-30-15-9-5-10-16-30)21-32(39-23-29-13-7-4-8-14-29)22-34(36)41-25-31-17-11-6-12-18-31;/h4-22,42H,23-25H2,1-3H3;. The maximum absolute atomic E-state index is 13.9. The molecule has 1 unspecified atom stereocenters. The third-order valence-electron chi connectivity index (χ3n) is 6.90. The van der Waals surface area contributed by atoms with Crippen LogP contribution >= 0.6 is 8.58 Å². The van der Waals surface area contributed by atoms with Crippen molar-refractivity contribution in [2.45, 2.75) is 40.6 Å². The van der Waals surface area contributed by atoms with Crippen LogP contribution in [0.1, 0.15) is 43.7 Å². The molecule has 1 atom stereocenters. The van der Waals surface area contributed by atoms with Crippen LogP contribution < -0.4 is 19.5 Å². The Morgan fingerprint density at radius 2 is 0.977 bits per heavy atom. The summed E-state index contributed by atoms with van der Waals surface area (Å²) in [6.45, 7) is 7.16. The van der Waals surface area contributed by atoms with Gasteiger partial charge in [-0.05, 0) is 57.2 Å². The Bertz CT molecular complexity index is 1550. The second-order valence-corrected chi connectivity index (χ2v) is 11.5. The summed E-state index contributed by atoms with van der Waals surface area (Å²) in [6, 6.07) is 37.9. The molecule has 6 heteroatoms. The molecule has 0 aromatic heterocycles. The smallest absolute Gasteiger partial charge is 0.186 e. The van der Waals surface area contributed by atoms with Crippen LogP contribution in [0.25, 0.3) is 0 Å². The number of rotatable bonds is 12. The number of carbonyl (C=O) groups is 1. The van der Waals surface area contributed by atoms with Gasteiger partial charge in [-0.25, -0.2) is 0 Å². The van der Waals surface area contributed by atoms with Crippen molar-refractivity contribution in [3.05, 3.63) is 154 Å². The molecule has 0 spiro atoms. The molecule has 5 rings (SSSR count). The molecule has 0 saturated heterocycles. The molecule has 5 aromatic rings. The van der Waals surface area contributed by atoms with Gasteiger partial charge in [-0.3, -0.25) is 4.79 Å². The number of ether oxygens (including phenoxy) is 3. The van der Waals surface area contributed by atoms with E-state index in [2.05, 4.69) is 19.1 Å². The first-order valence-corrected chi connectivity index (χ1v) is 15.0. The van der Waals surface area contributed by atoms with Gasteiger partial charge >= 0.3 is 0 Å². The van der Waals surface area contributed by atoms with Gasteiger partial charge in [0.05, 0.1) is 5.30 Å². The SMILES string of the molecule is Cc1cc(C)c(C(=O)Pc2c(OCc3ccccc3)cc(OCc3ccccc3)cc2OCc2ccccc2)c(C)c1.[Li]. The van der Waals surface area contributed by atoms with Crippen molar-refractivity contribution in [3.8, 4) is 17.2 Å². The zero-order valence-corrected chi connectivity index (χ0v) is 26.2. The molecular formula is C37H35LiO4P. The maximum atomic E-state index is 13.9. The summed E-state index contributed by atoms with van der Waals surface area (Å²) in [7, 11) is -0.195. The summed E-state index contributed by atoms with van der Waals surface area (Å²) in [5.74, 6) is 1.79. The quantitative estimate of drug-likeness (QED) is 0.110. The van der Waals surface area contributed by atoms with Crippen molar-refractivity contribution in [2.24, 2.45) is 0 Å². The fourth-order valence-corrected chi connectivity index (χ4v) is 6.21. The summed E-state index contributed by atoms with van der Waals surface area (Å²) in [5.41, 5.74) is 7.03. The van der Waals surface area contributed by atoms with E-state index < -0.39 is 0 Å². The molecule has 0 heterocycles. The van der Waals surface area contributed by atoms with Crippen LogP contribution in [-0.4, -0.2) is 24.4 Å². The summed E-state index contributed by atoms with van der Waals surface area (Å²) < 4.78 is 19.1. The van der Waals surface area contributed by atoms with Crippen molar-refractivity contribution in [1.82, 2.24) is 0 Å². The fraction of sp³-hybridized carbons (Fsp3) is 0.162. The van der Waals surface area contributed by atoms with Crippen molar-refractivity contribution >= 4 is 38.3 Å². The van der Waals surface area contributed by atoms with E-state index in [1.807, 2.05) is 117 Å². The van der Waals surface area contributed by atoms with Crippen LogP contribution in [-0.2, 0) is 19.8 Å². The molecule has 1 radical (unpaired) electrons. The molecule has 0 fully saturated rings. The molecule has 0 aliphatic carbocycles. The summed E-state index contributed by atoms with van der Waals surface area (Å²) in [4.78, 5) is 13.9. The summed E-state index contributed by atoms with van der Waals surface area (Å²) in [6.07, 6.45) is 0. The van der Waals surface area contributed by atoms with Crippen molar-refractivity contribution in [3.63, 3.8) is 0 Å². The van der Waals surface area contributed by atoms with E-state index in [0.29, 0.717) is 37.1 Å². The van der Waals surface area contributed by atoms with Crippen molar-refractivity contribution in [2.75, 3.05) is 0 Å². The zero-order valence-electron chi connectivity index (χ0n) is 25.2. The topological polar surface area (TPSA) is 44.8 Å². The van der Waals surface area contributed by atoms with Gasteiger partial charge in [0.25, 0.3) is 0 Å². The van der Waals surface area contributed by atoms with Crippen LogP contribution in [0, 0.1) is 20.8 Å². The second kappa shape index (κ2) is 15.6. The Morgan fingerprint density at radius 3 is 1.40 bits per heavy atom. The molecule has 213 valence electrons. The number of hydrogen-bond donors (Lipinski definition) is 0. The molecule has 43 heavy (non-hydrogen) atoms. The average Bonchev–Trinajstić information content (AvgIpc) is 3.00. The zero-order chi connectivity index (χ0) is 29.3. The number of benzene rings is 5. The van der Waals surface area contributed by atoms with Gasteiger partial charge in [0.2, 0.25) is 0 Å². The van der Waals surface area contributed by atoms with Crippen LogP contribution in [0.4, 0.5) is 0 Å². The predicted molar refractivity (Wildman–Crippen MR) is 177 cm³/mol. The van der Waals surface area contributed by atoms with Gasteiger partial charge in [0, 0.05) is 36.6 Å². The van der Waals surface area contributed by atoms with E-state index in [9.17, 15) is 4.79 Å². The van der Waals surface area contributed by atoms with Gasteiger partial charge in [-0.2, -0.15) is 0 Å². The van der Waals surface area contributed by atoms with E-state index in [0.717, 1.165) is 44.2 Å². The van der Waals surface area contributed by atoms with E-state index in [1.165, 1.54) is 0 Å². The Kier molecular flexibility index (Phi) is 11.7. The molecule has 5 aromatic carbocycles. The molecule has 4 nitrogen and oxygen atoms in total. The first-order valence-electron chi connectivity index (χ1n) is 14.0. The maximum Gasteiger partial charge on any atom is 0.186 e. The minimum Gasteiger partial charge on any atom is -0.489 e. The molecule has 0 amide bonds. The van der Waals surface area contributed by atoms with Gasteiger partial charge in [0.15, 0.2) is 5.52 Å². The third kappa shape index (κ3) is 8.85. The van der Waals surface area contributed by atoms with E-state index in [1.54, 1.807) is 0 Å². The Balaban J connectivity index is 0.00000423. The van der Waals surface area contributed by atoms with Gasteiger partial charge in [0.1, 0.15) is 37.1 Å². The van der Waals surface area contributed by atoms with Crippen LogP contribution in [0.15, 0.2) is 115 Å². The van der Waals surface area contributed by atoms with E-state index in [4.69, 9.17) is 14.2 Å². The normalized spacial score (nSPS) is 10.8. The minimum absolute atomic E-state index is 0. The monoisotopic (exact) mass is 581 g/mol. The molecular weight excluding hydrogens is 546 g/mol. The van der Waals surface area contributed by atoms with Crippen molar-refractivity contribution < 1.29 is 19.0 Å². The number of hydrogen-bond acceptors (Lipinski definition) is 4. The van der Waals surface area contributed by atoms with Crippen LogP contribution in [0.3, 0.4) is 0 Å². The van der Waals surface area contributed by atoms with Gasteiger partial charge in [-0.15, -0.1) is 0 Å². The first-order chi connectivity index (χ1) is 20.5. The number of aryl methyl sites for hydroxylation is 3. The minimum atomic E-state index is -0.195. The Hall–Kier alpha value is -3.80. The summed E-state index contributed by atoms with van der Waals surface area (Å²) >= 11 is 0. The molecule has 0 N–H and O–H groups in total. The largest absolute Gasteiger partial charge is 0.489 e.